The molecular formula is C20H28N2O7. The van der Waals surface area contributed by atoms with Gasteiger partial charge in [-0.2, -0.15) is 0 Å². The third-order valence-electron chi connectivity index (χ3n) is 4.54. The normalized spacial score (nSPS) is 15.0. The first-order chi connectivity index (χ1) is 13.6. The lowest BCUT2D eigenvalue weighted by atomic mass is 10.0. The molecule has 9 heteroatoms. The van der Waals surface area contributed by atoms with Gasteiger partial charge in [-0.15, -0.1) is 0 Å². The number of rotatable bonds is 5. The number of carbonyl (C=O) groups excluding carboxylic acids is 2. The molecule has 0 spiro atoms. The Hall–Kier alpha value is -2.84. The number of carbonyl (C=O) groups is 2. The van der Waals surface area contributed by atoms with Gasteiger partial charge in [-0.05, 0) is 57.2 Å². The van der Waals surface area contributed by atoms with Gasteiger partial charge in [0, 0.05) is 19.2 Å². The highest BCUT2D eigenvalue weighted by Gasteiger charge is 2.29. The summed E-state index contributed by atoms with van der Waals surface area (Å²) in [5.74, 6) is -0.565. The lowest BCUT2D eigenvalue weighted by Gasteiger charge is -2.26. The molecule has 0 aromatic heterocycles. The van der Waals surface area contributed by atoms with E-state index >= 15 is 0 Å². The molecule has 0 radical (unpaired) electrons. The van der Waals surface area contributed by atoms with Gasteiger partial charge in [0.15, 0.2) is 11.9 Å². The monoisotopic (exact) mass is 408 g/mol. The highest BCUT2D eigenvalue weighted by atomic mass is 16.6. The number of ether oxygens (including phenoxy) is 3. The van der Waals surface area contributed by atoms with E-state index in [9.17, 15) is 19.7 Å². The van der Waals surface area contributed by atoms with Crippen molar-refractivity contribution in [2.24, 2.45) is 0 Å². The Morgan fingerprint density at radius 2 is 1.79 bits per heavy atom. The summed E-state index contributed by atoms with van der Waals surface area (Å²) in [5, 5.41) is 11.6. The van der Waals surface area contributed by atoms with Gasteiger partial charge in [0.1, 0.15) is 5.60 Å². The van der Waals surface area contributed by atoms with E-state index in [2.05, 4.69) is 0 Å². The number of esters is 1. The van der Waals surface area contributed by atoms with Gasteiger partial charge in [0.2, 0.25) is 0 Å². The zero-order chi connectivity index (χ0) is 21.8. The minimum absolute atomic E-state index is 0.0247. The quantitative estimate of drug-likeness (QED) is 0.418. The van der Waals surface area contributed by atoms with Gasteiger partial charge in [-0.25, -0.2) is 9.59 Å². The van der Waals surface area contributed by atoms with E-state index in [1.54, 1.807) is 38.7 Å². The number of amides is 1. The SMILES string of the molecule is CCC(Oc1cc2c(cc1[N+](=O)[O-])CCN(C(=O)OC(C)(C)C)CC2)C(=O)OC. The summed E-state index contributed by atoms with van der Waals surface area (Å²) in [6.07, 6.45) is -0.0661. The number of nitro groups is 1. The highest BCUT2D eigenvalue weighted by molar-refractivity contribution is 5.75. The summed E-state index contributed by atoms with van der Waals surface area (Å²) in [4.78, 5) is 36.8. The molecule has 1 atom stereocenters. The average molecular weight is 408 g/mol. The van der Waals surface area contributed by atoms with E-state index in [0.717, 1.165) is 11.1 Å². The van der Waals surface area contributed by atoms with E-state index in [0.29, 0.717) is 32.4 Å². The predicted molar refractivity (Wildman–Crippen MR) is 105 cm³/mol. The van der Waals surface area contributed by atoms with Crippen molar-refractivity contribution in [3.05, 3.63) is 33.4 Å². The van der Waals surface area contributed by atoms with E-state index in [1.807, 2.05) is 0 Å². The van der Waals surface area contributed by atoms with Crippen LogP contribution in [0.4, 0.5) is 10.5 Å². The fraction of sp³-hybridized carbons (Fsp3) is 0.600. The van der Waals surface area contributed by atoms with Crippen molar-refractivity contribution < 1.29 is 28.7 Å². The number of hydrogen-bond acceptors (Lipinski definition) is 7. The second-order valence-corrected chi connectivity index (χ2v) is 7.85. The Morgan fingerprint density at radius 3 is 2.28 bits per heavy atom. The Bertz CT molecular complexity index is 786. The topological polar surface area (TPSA) is 108 Å². The van der Waals surface area contributed by atoms with Crippen LogP contribution < -0.4 is 4.74 Å². The summed E-state index contributed by atoms with van der Waals surface area (Å²) in [5.41, 5.74) is 0.813. The van der Waals surface area contributed by atoms with Crippen molar-refractivity contribution in [1.82, 2.24) is 4.90 Å². The standard InChI is InChI=1S/C20H28N2O7/c1-6-16(18(23)27-5)28-17-12-14-8-10-21(19(24)29-20(2,3)4)9-7-13(14)11-15(17)22(25)26/h11-12,16H,6-10H2,1-5H3. The minimum atomic E-state index is -0.930. The molecule has 1 amide bonds. The number of methoxy groups -OCH3 is 1. The van der Waals surface area contributed by atoms with Crippen LogP contribution in [0.25, 0.3) is 0 Å². The van der Waals surface area contributed by atoms with E-state index in [-0.39, 0.29) is 11.4 Å². The first-order valence-corrected chi connectivity index (χ1v) is 9.58. The zero-order valence-corrected chi connectivity index (χ0v) is 17.5. The molecule has 29 heavy (non-hydrogen) atoms. The van der Waals surface area contributed by atoms with Crippen molar-refractivity contribution in [3.63, 3.8) is 0 Å². The van der Waals surface area contributed by atoms with Crippen LogP contribution in [0.2, 0.25) is 0 Å². The summed E-state index contributed by atoms with van der Waals surface area (Å²) in [6, 6.07) is 3.06. The summed E-state index contributed by atoms with van der Waals surface area (Å²) in [6.45, 7) is 7.96. The number of nitrogens with zero attached hydrogens (tertiary/aromatic N) is 2. The maximum absolute atomic E-state index is 12.4. The van der Waals surface area contributed by atoms with E-state index in [4.69, 9.17) is 14.2 Å². The third-order valence-corrected chi connectivity index (χ3v) is 4.54. The minimum Gasteiger partial charge on any atom is -0.472 e. The first-order valence-electron chi connectivity index (χ1n) is 9.58. The van der Waals surface area contributed by atoms with Crippen LogP contribution >= 0.6 is 0 Å². The molecule has 1 unspecified atom stereocenters. The Kier molecular flexibility index (Phi) is 7.05. The number of benzene rings is 1. The molecule has 0 bridgehead atoms. The highest BCUT2D eigenvalue weighted by Crippen LogP contribution is 2.33. The predicted octanol–water partition coefficient (Wildman–Crippen LogP) is 3.26. The van der Waals surface area contributed by atoms with Gasteiger partial charge >= 0.3 is 17.7 Å². The molecule has 0 saturated heterocycles. The van der Waals surface area contributed by atoms with Crippen molar-refractivity contribution in [2.75, 3.05) is 20.2 Å². The smallest absolute Gasteiger partial charge is 0.410 e. The molecule has 1 heterocycles. The van der Waals surface area contributed by atoms with Crippen LogP contribution in [0.5, 0.6) is 5.75 Å². The van der Waals surface area contributed by atoms with Crippen LogP contribution in [0.15, 0.2) is 12.1 Å². The summed E-state index contributed by atoms with van der Waals surface area (Å²) >= 11 is 0. The lowest BCUT2D eigenvalue weighted by molar-refractivity contribution is -0.386. The van der Waals surface area contributed by atoms with Crippen LogP contribution in [0, 0.1) is 10.1 Å². The summed E-state index contributed by atoms with van der Waals surface area (Å²) < 4.78 is 15.8. The van der Waals surface area contributed by atoms with Gasteiger partial charge in [-0.3, -0.25) is 10.1 Å². The van der Waals surface area contributed by atoms with E-state index in [1.165, 1.54) is 13.2 Å². The fourth-order valence-electron chi connectivity index (χ4n) is 3.07. The molecule has 0 saturated carbocycles. The van der Waals surface area contributed by atoms with Crippen LogP contribution in [-0.2, 0) is 27.1 Å². The van der Waals surface area contributed by atoms with Gasteiger partial charge in [-0.1, -0.05) is 6.92 Å². The Morgan fingerprint density at radius 1 is 1.21 bits per heavy atom. The maximum Gasteiger partial charge on any atom is 0.410 e. The molecule has 0 fully saturated rings. The third kappa shape index (κ3) is 5.82. The molecule has 2 rings (SSSR count). The zero-order valence-electron chi connectivity index (χ0n) is 17.5. The number of hydrogen-bond donors (Lipinski definition) is 0. The van der Waals surface area contributed by atoms with Crippen molar-refractivity contribution in [2.45, 2.75) is 58.7 Å². The number of nitro benzene ring substituents is 1. The molecule has 160 valence electrons. The molecule has 0 aliphatic carbocycles. The molecule has 0 N–H and O–H groups in total. The molecule has 1 aliphatic rings. The molecule has 1 aromatic carbocycles. The van der Waals surface area contributed by atoms with Gasteiger partial charge in [0.05, 0.1) is 12.0 Å². The van der Waals surface area contributed by atoms with Gasteiger partial charge in [0.25, 0.3) is 0 Å². The van der Waals surface area contributed by atoms with Crippen molar-refractivity contribution in [3.8, 4) is 5.75 Å². The lowest BCUT2D eigenvalue weighted by Crippen LogP contribution is -2.38. The van der Waals surface area contributed by atoms with Crippen molar-refractivity contribution in [1.29, 1.82) is 0 Å². The first kappa shape index (κ1) is 22.4. The molecule has 9 nitrogen and oxygen atoms in total. The molecule has 1 aliphatic heterocycles. The molecular weight excluding hydrogens is 380 g/mol. The largest absolute Gasteiger partial charge is 0.472 e. The Labute approximate surface area is 170 Å². The number of fused-ring (bicyclic) bond motifs is 1. The fourth-order valence-corrected chi connectivity index (χ4v) is 3.07. The van der Waals surface area contributed by atoms with E-state index < -0.39 is 28.7 Å². The van der Waals surface area contributed by atoms with Crippen LogP contribution in [-0.4, -0.2) is 53.8 Å². The van der Waals surface area contributed by atoms with Crippen molar-refractivity contribution >= 4 is 17.7 Å². The molecule has 1 aromatic rings. The van der Waals surface area contributed by atoms with Crippen LogP contribution in [0.1, 0.15) is 45.2 Å². The van der Waals surface area contributed by atoms with Gasteiger partial charge < -0.3 is 19.1 Å². The second kappa shape index (κ2) is 9.11. The summed E-state index contributed by atoms with van der Waals surface area (Å²) in [7, 11) is 1.24. The second-order valence-electron chi connectivity index (χ2n) is 7.85. The Balaban J connectivity index is 2.28. The average Bonchev–Trinajstić information content (AvgIpc) is 2.85. The maximum atomic E-state index is 12.4. The van der Waals surface area contributed by atoms with Crippen LogP contribution in [0.3, 0.4) is 0 Å².